The van der Waals surface area contributed by atoms with Crippen molar-refractivity contribution in [2.45, 2.75) is 13.8 Å². The molecular weight excluding hydrogens is 384 g/mol. The Morgan fingerprint density at radius 1 is 0.933 bits per heavy atom. The van der Waals surface area contributed by atoms with Gasteiger partial charge in [-0.3, -0.25) is 4.79 Å². The van der Waals surface area contributed by atoms with Crippen LogP contribution in [0.25, 0.3) is 5.69 Å². The summed E-state index contributed by atoms with van der Waals surface area (Å²) in [4.78, 5) is 24.7. The molecule has 0 aliphatic rings. The highest BCUT2D eigenvalue weighted by molar-refractivity contribution is 5.96. The molecule has 7 nitrogen and oxygen atoms in total. The topological polar surface area (TPSA) is 78.8 Å². The maximum Gasteiger partial charge on any atom is 0.340 e. The number of rotatable bonds is 7. The van der Waals surface area contributed by atoms with Crippen LogP contribution in [0.4, 0.5) is 5.69 Å². The molecule has 0 saturated carbocycles. The molecule has 2 aromatic carbocycles. The van der Waals surface area contributed by atoms with Crippen molar-refractivity contribution in [1.29, 1.82) is 0 Å². The summed E-state index contributed by atoms with van der Waals surface area (Å²) in [5.41, 5.74) is 3.49. The average molecular weight is 408 g/mol. The van der Waals surface area contributed by atoms with Gasteiger partial charge in [0.25, 0.3) is 5.91 Å². The second-order valence-corrected chi connectivity index (χ2v) is 6.67. The highest BCUT2D eigenvalue weighted by Gasteiger charge is 2.19. The SMILES string of the molecule is COc1ccc(-n2c(C)cc(C(=O)OCC(=O)Nc3cccc(OC)c3)c2C)cc1. The fraction of sp³-hybridized carbons (Fsp3) is 0.217. The molecular formula is C23H24N2O5. The first-order valence-corrected chi connectivity index (χ1v) is 9.37. The van der Waals surface area contributed by atoms with E-state index in [0.29, 0.717) is 17.0 Å². The summed E-state index contributed by atoms with van der Waals surface area (Å²) < 4.78 is 17.5. The molecule has 1 heterocycles. The van der Waals surface area contributed by atoms with Gasteiger partial charge >= 0.3 is 5.97 Å². The molecule has 0 atom stereocenters. The highest BCUT2D eigenvalue weighted by Crippen LogP contribution is 2.23. The Hall–Kier alpha value is -3.74. The summed E-state index contributed by atoms with van der Waals surface area (Å²) in [6, 6.07) is 16.2. The quantitative estimate of drug-likeness (QED) is 0.600. The molecule has 1 amide bonds. The van der Waals surface area contributed by atoms with Crippen LogP contribution in [0.1, 0.15) is 21.7 Å². The first-order chi connectivity index (χ1) is 14.4. The molecule has 156 valence electrons. The third-order valence-corrected chi connectivity index (χ3v) is 4.67. The monoisotopic (exact) mass is 408 g/mol. The molecule has 3 rings (SSSR count). The summed E-state index contributed by atoms with van der Waals surface area (Å²) in [5, 5.41) is 2.68. The Morgan fingerprint density at radius 2 is 1.63 bits per heavy atom. The number of hydrogen-bond acceptors (Lipinski definition) is 5. The molecule has 0 fully saturated rings. The maximum atomic E-state index is 12.6. The smallest absolute Gasteiger partial charge is 0.340 e. The molecule has 7 heteroatoms. The van der Waals surface area contributed by atoms with Crippen molar-refractivity contribution in [3.05, 3.63) is 71.5 Å². The molecule has 0 spiro atoms. The second-order valence-electron chi connectivity index (χ2n) is 6.67. The molecule has 0 bridgehead atoms. The van der Waals surface area contributed by atoms with Crippen LogP contribution < -0.4 is 14.8 Å². The van der Waals surface area contributed by atoms with Crippen molar-refractivity contribution in [2.75, 3.05) is 26.1 Å². The molecule has 0 radical (unpaired) electrons. The fourth-order valence-corrected chi connectivity index (χ4v) is 3.20. The summed E-state index contributed by atoms with van der Waals surface area (Å²) >= 11 is 0. The van der Waals surface area contributed by atoms with E-state index in [-0.39, 0.29) is 6.61 Å². The number of anilines is 1. The van der Waals surface area contributed by atoms with E-state index in [9.17, 15) is 9.59 Å². The number of carbonyl (C=O) groups is 2. The number of benzene rings is 2. The van der Waals surface area contributed by atoms with Crippen LogP contribution in [0.3, 0.4) is 0 Å². The van der Waals surface area contributed by atoms with Crippen molar-refractivity contribution in [2.24, 2.45) is 0 Å². The van der Waals surface area contributed by atoms with E-state index in [1.807, 2.05) is 42.7 Å². The Bertz CT molecular complexity index is 1050. The first-order valence-electron chi connectivity index (χ1n) is 9.37. The minimum atomic E-state index is -0.552. The van der Waals surface area contributed by atoms with E-state index in [4.69, 9.17) is 14.2 Å². The molecule has 0 aliphatic carbocycles. The van der Waals surface area contributed by atoms with Gasteiger partial charge in [-0.05, 0) is 56.3 Å². The van der Waals surface area contributed by atoms with Gasteiger partial charge in [0.1, 0.15) is 11.5 Å². The van der Waals surface area contributed by atoms with E-state index in [1.54, 1.807) is 44.6 Å². The lowest BCUT2D eigenvalue weighted by Gasteiger charge is -2.11. The van der Waals surface area contributed by atoms with Gasteiger partial charge in [-0.15, -0.1) is 0 Å². The predicted octanol–water partition coefficient (Wildman–Crippen LogP) is 3.91. The van der Waals surface area contributed by atoms with Gasteiger partial charge in [0, 0.05) is 28.8 Å². The highest BCUT2D eigenvalue weighted by atomic mass is 16.5. The van der Waals surface area contributed by atoms with Crippen LogP contribution in [0.2, 0.25) is 0 Å². The van der Waals surface area contributed by atoms with Gasteiger partial charge in [-0.2, -0.15) is 0 Å². The predicted molar refractivity (Wildman–Crippen MR) is 114 cm³/mol. The molecule has 1 N–H and O–H groups in total. The Balaban J connectivity index is 1.67. The minimum absolute atomic E-state index is 0.387. The van der Waals surface area contributed by atoms with Gasteiger partial charge in [0.2, 0.25) is 0 Å². The van der Waals surface area contributed by atoms with Crippen molar-refractivity contribution < 1.29 is 23.8 Å². The van der Waals surface area contributed by atoms with Crippen molar-refractivity contribution in [3.63, 3.8) is 0 Å². The number of amides is 1. The van der Waals surface area contributed by atoms with Gasteiger partial charge in [-0.25, -0.2) is 4.79 Å². The Morgan fingerprint density at radius 3 is 2.30 bits per heavy atom. The van der Waals surface area contributed by atoms with Gasteiger partial charge in [0.05, 0.1) is 19.8 Å². The third-order valence-electron chi connectivity index (χ3n) is 4.67. The normalized spacial score (nSPS) is 10.4. The summed E-state index contributed by atoms with van der Waals surface area (Å²) in [5.74, 6) is 0.392. The van der Waals surface area contributed by atoms with E-state index >= 15 is 0 Å². The number of nitrogens with one attached hydrogen (secondary N) is 1. The molecule has 3 aromatic rings. The Kier molecular flexibility index (Phi) is 6.41. The summed E-state index contributed by atoms with van der Waals surface area (Å²) in [7, 11) is 3.16. The zero-order chi connectivity index (χ0) is 21.7. The number of carbonyl (C=O) groups excluding carboxylic acids is 2. The zero-order valence-electron chi connectivity index (χ0n) is 17.4. The number of ether oxygens (including phenoxy) is 3. The third kappa shape index (κ3) is 4.63. The van der Waals surface area contributed by atoms with Crippen molar-refractivity contribution in [3.8, 4) is 17.2 Å². The second kappa shape index (κ2) is 9.17. The van der Waals surface area contributed by atoms with E-state index < -0.39 is 11.9 Å². The molecule has 0 unspecified atom stereocenters. The van der Waals surface area contributed by atoms with E-state index in [1.165, 1.54) is 0 Å². The summed E-state index contributed by atoms with van der Waals surface area (Å²) in [6.07, 6.45) is 0. The summed E-state index contributed by atoms with van der Waals surface area (Å²) in [6.45, 7) is 3.36. The Labute approximate surface area is 175 Å². The number of nitrogens with zero attached hydrogens (tertiary/aromatic N) is 1. The van der Waals surface area contributed by atoms with Crippen LogP contribution in [0.15, 0.2) is 54.6 Å². The largest absolute Gasteiger partial charge is 0.497 e. The molecule has 0 aliphatic heterocycles. The number of aryl methyl sites for hydroxylation is 1. The van der Waals surface area contributed by atoms with Gasteiger partial charge < -0.3 is 24.1 Å². The standard InChI is InChI=1S/C23H24N2O5/c1-15-12-21(16(2)25(15)18-8-10-19(28-3)11-9-18)23(27)30-14-22(26)24-17-6-5-7-20(13-17)29-4/h5-13H,14H2,1-4H3,(H,24,26). The van der Waals surface area contributed by atoms with Gasteiger partial charge in [0.15, 0.2) is 6.61 Å². The van der Waals surface area contributed by atoms with E-state index in [0.717, 1.165) is 22.8 Å². The fourth-order valence-electron chi connectivity index (χ4n) is 3.20. The van der Waals surface area contributed by atoms with E-state index in [2.05, 4.69) is 5.32 Å². The van der Waals surface area contributed by atoms with Crippen LogP contribution in [-0.2, 0) is 9.53 Å². The first kappa shape index (κ1) is 21.0. The number of esters is 1. The number of aromatic nitrogens is 1. The lowest BCUT2D eigenvalue weighted by Crippen LogP contribution is -2.21. The van der Waals surface area contributed by atoms with Crippen LogP contribution >= 0.6 is 0 Å². The van der Waals surface area contributed by atoms with Crippen molar-refractivity contribution in [1.82, 2.24) is 4.57 Å². The van der Waals surface area contributed by atoms with Crippen LogP contribution in [-0.4, -0.2) is 37.3 Å². The maximum absolute atomic E-state index is 12.6. The molecule has 0 saturated heterocycles. The molecule has 30 heavy (non-hydrogen) atoms. The lowest BCUT2D eigenvalue weighted by atomic mass is 10.2. The van der Waals surface area contributed by atoms with Gasteiger partial charge in [-0.1, -0.05) is 6.07 Å². The average Bonchev–Trinajstić information content (AvgIpc) is 3.06. The lowest BCUT2D eigenvalue weighted by molar-refractivity contribution is -0.119. The number of hydrogen-bond donors (Lipinski definition) is 1. The number of methoxy groups -OCH3 is 2. The zero-order valence-corrected chi connectivity index (χ0v) is 17.4. The van der Waals surface area contributed by atoms with Crippen LogP contribution in [0, 0.1) is 13.8 Å². The van der Waals surface area contributed by atoms with Crippen LogP contribution in [0.5, 0.6) is 11.5 Å². The molecule has 1 aromatic heterocycles. The van der Waals surface area contributed by atoms with Crippen molar-refractivity contribution >= 4 is 17.6 Å². The minimum Gasteiger partial charge on any atom is -0.497 e.